The Labute approximate surface area is 213 Å². The van der Waals surface area contributed by atoms with Crippen LogP contribution in [-0.4, -0.2) is 34.3 Å². The van der Waals surface area contributed by atoms with Gasteiger partial charge in [0.15, 0.2) is 5.11 Å². The monoisotopic (exact) mass is 501 g/mol. The van der Waals surface area contributed by atoms with Crippen molar-refractivity contribution in [2.24, 2.45) is 0 Å². The number of aromatic nitrogens is 2. The molecule has 1 fully saturated rings. The largest absolute Gasteiger partial charge is 0.375 e. The van der Waals surface area contributed by atoms with Crippen molar-refractivity contribution in [3.63, 3.8) is 0 Å². The highest BCUT2D eigenvalue weighted by molar-refractivity contribution is 7.80. The molecule has 1 amide bonds. The van der Waals surface area contributed by atoms with Gasteiger partial charge in [0, 0.05) is 42.3 Å². The summed E-state index contributed by atoms with van der Waals surface area (Å²) in [5.74, 6) is -0.541. The molecule has 182 valence electrons. The van der Waals surface area contributed by atoms with Crippen LogP contribution in [0.15, 0.2) is 91.3 Å². The molecule has 5 rings (SSSR count). The quantitative estimate of drug-likeness (QED) is 0.356. The van der Waals surface area contributed by atoms with Gasteiger partial charge < -0.3 is 24.8 Å². The number of halogens is 1. The number of thiocarbonyl (C=S) groups is 1. The normalized spacial score (nSPS) is 17.2. The van der Waals surface area contributed by atoms with E-state index in [0.717, 1.165) is 17.1 Å². The van der Waals surface area contributed by atoms with Gasteiger partial charge >= 0.3 is 0 Å². The molecule has 1 saturated heterocycles. The first-order chi connectivity index (χ1) is 17.5. The number of carbonyl (C=O) groups excluding carboxylic acids is 1. The first-order valence-corrected chi connectivity index (χ1v) is 11.8. The maximum absolute atomic E-state index is 14.1. The lowest BCUT2D eigenvalue weighted by Gasteiger charge is -2.29. The second-order valence-corrected chi connectivity index (χ2v) is 8.69. The standard InChI is InChI=1S/C27H24FN5O2S/c1-35-17-24(34)30-19-10-12-20(13-11-19)33-26(25(31-27(33)36)22-8-2-3-14-29-22)23-9-5-15-32(23)21-7-4-6-18(28)16-21/h2-16,25-26H,17H2,1H3,(H,30,34)(H,31,36)/t25-,26+/m1/s1. The highest BCUT2D eigenvalue weighted by atomic mass is 32.1. The molecule has 0 radical (unpaired) electrons. The SMILES string of the molecule is COCC(=O)Nc1ccc(N2C(=S)N[C@H](c3ccccn3)[C@@H]2c2cccn2-c2cccc(F)c2)cc1. The summed E-state index contributed by atoms with van der Waals surface area (Å²) in [4.78, 5) is 18.5. The molecule has 2 atom stereocenters. The molecule has 0 bridgehead atoms. The topological polar surface area (TPSA) is 71.4 Å². The lowest BCUT2D eigenvalue weighted by molar-refractivity contribution is -0.119. The summed E-state index contributed by atoms with van der Waals surface area (Å²) in [5, 5.41) is 6.77. The number of methoxy groups -OCH3 is 1. The van der Waals surface area contributed by atoms with Gasteiger partial charge in [-0.05, 0) is 78.9 Å². The molecule has 0 spiro atoms. The lowest BCUT2D eigenvalue weighted by atomic mass is 10.0. The Bertz CT molecular complexity index is 1380. The Morgan fingerprint density at radius 3 is 2.64 bits per heavy atom. The summed E-state index contributed by atoms with van der Waals surface area (Å²) in [5.41, 5.74) is 3.96. The number of amides is 1. The van der Waals surface area contributed by atoms with E-state index in [1.165, 1.54) is 19.2 Å². The summed E-state index contributed by atoms with van der Waals surface area (Å²) in [6, 6.07) is 23.1. The second-order valence-electron chi connectivity index (χ2n) is 8.31. The van der Waals surface area contributed by atoms with Crippen LogP contribution in [0.5, 0.6) is 0 Å². The van der Waals surface area contributed by atoms with Crippen LogP contribution in [0.25, 0.3) is 5.69 Å². The zero-order valence-electron chi connectivity index (χ0n) is 19.5. The minimum Gasteiger partial charge on any atom is -0.375 e. The van der Waals surface area contributed by atoms with Crippen molar-refractivity contribution < 1.29 is 13.9 Å². The highest BCUT2D eigenvalue weighted by Crippen LogP contribution is 2.42. The van der Waals surface area contributed by atoms with E-state index in [0.29, 0.717) is 16.5 Å². The molecule has 0 unspecified atom stereocenters. The third-order valence-corrected chi connectivity index (χ3v) is 6.29. The maximum Gasteiger partial charge on any atom is 0.250 e. The number of pyridine rings is 1. The van der Waals surface area contributed by atoms with E-state index in [1.54, 1.807) is 12.3 Å². The fourth-order valence-corrected chi connectivity index (χ4v) is 4.81. The van der Waals surface area contributed by atoms with E-state index in [1.807, 2.05) is 76.3 Å². The molecule has 3 heterocycles. The van der Waals surface area contributed by atoms with Crippen LogP contribution in [0.1, 0.15) is 23.5 Å². The number of carbonyl (C=O) groups is 1. The summed E-state index contributed by atoms with van der Waals surface area (Å²) in [6.45, 7) is -0.0210. The molecule has 0 saturated carbocycles. The van der Waals surface area contributed by atoms with Gasteiger partial charge in [0.25, 0.3) is 0 Å². The van der Waals surface area contributed by atoms with E-state index in [-0.39, 0.29) is 30.4 Å². The molecule has 1 aliphatic rings. The smallest absolute Gasteiger partial charge is 0.250 e. The molecule has 9 heteroatoms. The van der Waals surface area contributed by atoms with E-state index in [2.05, 4.69) is 15.6 Å². The highest BCUT2D eigenvalue weighted by Gasteiger charge is 2.42. The first kappa shape index (κ1) is 23.7. The third-order valence-electron chi connectivity index (χ3n) is 5.97. The van der Waals surface area contributed by atoms with E-state index >= 15 is 0 Å². The van der Waals surface area contributed by atoms with E-state index in [9.17, 15) is 9.18 Å². The number of nitrogens with one attached hydrogen (secondary N) is 2. The fourth-order valence-electron chi connectivity index (χ4n) is 4.46. The van der Waals surface area contributed by atoms with Crippen LogP contribution < -0.4 is 15.5 Å². The van der Waals surface area contributed by atoms with Gasteiger partial charge in [-0.25, -0.2) is 4.39 Å². The fraction of sp³-hybridized carbons (Fsp3) is 0.148. The van der Waals surface area contributed by atoms with Gasteiger partial charge in [-0.15, -0.1) is 0 Å². The van der Waals surface area contributed by atoms with Crippen molar-refractivity contribution in [2.75, 3.05) is 23.9 Å². The number of hydrogen-bond acceptors (Lipinski definition) is 4. The Hall–Kier alpha value is -4.08. The first-order valence-electron chi connectivity index (χ1n) is 11.4. The summed E-state index contributed by atoms with van der Waals surface area (Å²) < 4.78 is 20.9. The average molecular weight is 502 g/mol. The molecule has 1 aliphatic heterocycles. The van der Waals surface area contributed by atoms with Gasteiger partial charge in [0.1, 0.15) is 18.5 Å². The average Bonchev–Trinajstić information content (AvgIpc) is 3.49. The number of nitrogens with zero attached hydrogens (tertiary/aromatic N) is 3. The predicted molar refractivity (Wildman–Crippen MR) is 141 cm³/mol. The number of benzene rings is 2. The van der Waals surface area contributed by atoms with Gasteiger partial charge in [-0.2, -0.15) is 0 Å². The molecular weight excluding hydrogens is 477 g/mol. The van der Waals surface area contributed by atoms with Gasteiger partial charge in [0.2, 0.25) is 5.91 Å². The predicted octanol–water partition coefficient (Wildman–Crippen LogP) is 4.77. The van der Waals surface area contributed by atoms with Crippen molar-refractivity contribution in [1.29, 1.82) is 0 Å². The number of ether oxygens (including phenoxy) is 1. The van der Waals surface area contributed by atoms with E-state index in [4.69, 9.17) is 17.0 Å². The molecule has 7 nitrogen and oxygen atoms in total. The van der Waals surface area contributed by atoms with Crippen LogP contribution in [0, 0.1) is 5.82 Å². The van der Waals surface area contributed by atoms with Crippen LogP contribution in [0.4, 0.5) is 15.8 Å². The molecule has 2 aromatic heterocycles. The molecule has 0 aliphatic carbocycles. The maximum atomic E-state index is 14.1. The van der Waals surface area contributed by atoms with Crippen LogP contribution in [-0.2, 0) is 9.53 Å². The number of rotatable bonds is 7. The summed E-state index contributed by atoms with van der Waals surface area (Å²) in [6.07, 6.45) is 3.66. The van der Waals surface area contributed by atoms with Gasteiger partial charge in [-0.1, -0.05) is 12.1 Å². The Balaban J connectivity index is 1.56. The Morgan fingerprint density at radius 1 is 1.08 bits per heavy atom. The second kappa shape index (κ2) is 10.3. The van der Waals surface area contributed by atoms with Crippen LogP contribution >= 0.6 is 12.2 Å². The zero-order valence-corrected chi connectivity index (χ0v) is 20.3. The Morgan fingerprint density at radius 2 is 1.92 bits per heavy atom. The molecular formula is C27H24FN5O2S. The molecule has 2 N–H and O–H groups in total. The number of hydrogen-bond donors (Lipinski definition) is 2. The minimum atomic E-state index is -0.309. The van der Waals surface area contributed by atoms with Crippen molar-refractivity contribution >= 4 is 34.6 Å². The van der Waals surface area contributed by atoms with Crippen molar-refractivity contribution in [3.8, 4) is 5.69 Å². The molecule has 36 heavy (non-hydrogen) atoms. The minimum absolute atomic E-state index is 0.0210. The molecule has 2 aromatic carbocycles. The third kappa shape index (κ3) is 4.71. The summed E-state index contributed by atoms with van der Waals surface area (Å²) in [7, 11) is 1.47. The van der Waals surface area contributed by atoms with Crippen molar-refractivity contribution in [3.05, 3.63) is 108 Å². The summed E-state index contributed by atoms with van der Waals surface area (Å²) >= 11 is 5.80. The number of anilines is 2. The lowest BCUT2D eigenvalue weighted by Crippen LogP contribution is -2.30. The van der Waals surface area contributed by atoms with Crippen molar-refractivity contribution in [1.82, 2.24) is 14.9 Å². The van der Waals surface area contributed by atoms with Gasteiger partial charge in [-0.3, -0.25) is 9.78 Å². The van der Waals surface area contributed by atoms with Crippen molar-refractivity contribution in [2.45, 2.75) is 12.1 Å². The van der Waals surface area contributed by atoms with Crippen LogP contribution in [0.2, 0.25) is 0 Å². The van der Waals surface area contributed by atoms with Crippen LogP contribution in [0.3, 0.4) is 0 Å². The molecule has 4 aromatic rings. The van der Waals surface area contributed by atoms with Gasteiger partial charge in [0.05, 0.1) is 11.7 Å². The Kier molecular flexibility index (Phi) is 6.75. The zero-order chi connectivity index (χ0) is 25.1. The van der Waals surface area contributed by atoms with E-state index < -0.39 is 0 Å².